The summed E-state index contributed by atoms with van der Waals surface area (Å²) in [5.74, 6) is 3.31. The van der Waals surface area contributed by atoms with Crippen LogP contribution < -0.4 is 10.1 Å². The summed E-state index contributed by atoms with van der Waals surface area (Å²) in [6, 6.07) is 20.4. The molecule has 1 aliphatic heterocycles. The molecule has 0 radical (unpaired) electrons. The Morgan fingerprint density at radius 1 is 1.06 bits per heavy atom. The van der Waals surface area contributed by atoms with Crippen LogP contribution >= 0.6 is 11.8 Å². The first-order chi connectivity index (χ1) is 15.7. The predicted molar refractivity (Wildman–Crippen MR) is 130 cm³/mol. The lowest BCUT2D eigenvalue weighted by atomic mass is 10.2. The zero-order valence-electron chi connectivity index (χ0n) is 18.7. The molecular weight excluding hydrogens is 420 g/mol. The largest absolute Gasteiger partial charge is 0.494 e. The number of ether oxygens (including phenoxy) is 2. The molecule has 32 heavy (non-hydrogen) atoms. The number of nitrogens with zero attached hydrogens (tertiary/aromatic N) is 3. The fourth-order valence-electron chi connectivity index (χ4n) is 3.57. The lowest BCUT2D eigenvalue weighted by Gasteiger charge is -2.32. The minimum absolute atomic E-state index is 0.168. The Balaban J connectivity index is 1.51. The zero-order valence-corrected chi connectivity index (χ0v) is 19.5. The number of morpholine rings is 1. The maximum atomic E-state index is 5.54. The molecule has 0 amide bonds. The molecule has 6 nitrogen and oxygen atoms in total. The SMILES string of the molecule is CCOc1ccc(CSc2cc(NC(C)N3CCOCC3)nc(-c3ccccc3)n2)cc1. The van der Waals surface area contributed by atoms with E-state index in [0.29, 0.717) is 6.61 Å². The van der Waals surface area contributed by atoms with Crippen LogP contribution in [-0.2, 0) is 10.5 Å². The molecule has 0 spiro atoms. The van der Waals surface area contributed by atoms with Crippen molar-refractivity contribution in [1.82, 2.24) is 14.9 Å². The average molecular weight is 451 g/mol. The summed E-state index contributed by atoms with van der Waals surface area (Å²) in [6.45, 7) is 8.23. The molecule has 1 atom stereocenters. The van der Waals surface area contributed by atoms with E-state index in [1.165, 1.54) is 5.56 Å². The van der Waals surface area contributed by atoms with Crippen LogP contribution in [0.5, 0.6) is 5.75 Å². The molecule has 7 heteroatoms. The second kappa shape index (κ2) is 11.3. The Morgan fingerprint density at radius 3 is 2.53 bits per heavy atom. The number of anilines is 1. The van der Waals surface area contributed by atoms with Gasteiger partial charge in [0.05, 0.1) is 26.0 Å². The maximum Gasteiger partial charge on any atom is 0.162 e. The normalized spacial score (nSPS) is 15.3. The standard InChI is InChI=1S/C25H30N4O2S/c1-3-31-22-11-9-20(10-12-22)18-32-24-17-23(26-19(2)29-13-15-30-16-14-29)27-25(28-24)21-7-5-4-6-8-21/h4-12,17,19H,3,13-16,18H2,1-2H3,(H,26,27,28). The second-order valence-corrected chi connectivity index (χ2v) is 8.61. The van der Waals surface area contributed by atoms with E-state index in [-0.39, 0.29) is 6.17 Å². The molecule has 1 aromatic heterocycles. The quantitative estimate of drug-likeness (QED) is 0.367. The highest BCUT2D eigenvalue weighted by atomic mass is 32.2. The highest BCUT2D eigenvalue weighted by Gasteiger charge is 2.18. The molecule has 168 valence electrons. The van der Waals surface area contributed by atoms with Gasteiger partial charge in [-0.25, -0.2) is 9.97 Å². The molecule has 2 aromatic carbocycles. The molecule has 0 saturated carbocycles. The van der Waals surface area contributed by atoms with Gasteiger partial charge in [0.15, 0.2) is 5.82 Å². The minimum Gasteiger partial charge on any atom is -0.494 e. The van der Waals surface area contributed by atoms with Crippen molar-refractivity contribution >= 4 is 17.6 Å². The molecule has 1 unspecified atom stereocenters. The Labute approximate surface area is 194 Å². The van der Waals surface area contributed by atoms with Crippen molar-refractivity contribution in [3.05, 3.63) is 66.2 Å². The number of hydrogen-bond donors (Lipinski definition) is 1. The van der Waals surface area contributed by atoms with Gasteiger partial charge in [-0.15, -0.1) is 11.8 Å². The van der Waals surface area contributed by atoms with E-state index in [1.807, 2.05) is 55.5 Å². The van der Waals surface area contributed by atoms with Crippen LogP contribution in [-0.4, -0.2) is 53.9 Å². The Bertz CT molecular complexity index is 979. The molecule has 1 saturated heterocycles. The van der Waals surface area contributed by atoms with Gasteiger partial charge in [0, 0.05) is 30.5 Å². The van der Waals surface area contributed by atoms with E-state index < -0.39 is 0 Å². The predicted octanol–water partition coefficient (Wildman–Crippen LogP) is 4.92. The first-order valence-corrected chi connectivity index (χ1v) is 12.1. The van der Waals surface area contributed by atoms with E-state index in [0.717, 1.165) is 60.0 Å². The molecule has 3 aromatic rings. The summed E-state index contributed by atoms with van der Waals surface area (Å²) in [5, 5.41) is 4.52. The van der Waals surface area contributed by atoms with E-state index in [4.69, 9.17) is 19.4 Å². The molecule has 0 aliphatic carbocycles. The zero-order chi connectivity index (χ0) is 22.2. The smallest absolute Gasteiger partial charge is 0.162 e. The molecule has 2 heterocycles. The van der Waals surface area contributed by atoms with Crippen LogP contribution in [0.4, 0.5) is 5.82 Å². The van der Waals surface area contributed by atoms with E-state index in [2.05, 4.69) is 29.3 Å². The van der Waals surface area contributed by atoms with Crippen LogP contribution in [0.15, 0.2) is 65.7 Å². The van der Waals surface area contributed by atoms with Crippen molar-refractivity contribution in [2.75, 3.05) is 38.2 Å². The summed E-state index contributed by atoms with van der Waals surface area (Å²) in [5.41, 5.74) is 2.24. The third-order valence-corrected chi connectivity index (χ3v) is 6.29. The van der Waals surface area contributed by atoms with Gasteiger partial charge in [-0.3, -0.25) is 4.90 Å². The lowest BCUT2D eigenvalue weighted by Crippen LogP contribution is -2.45. The Hall–Kier alpha value is -2.61. The molecule has 1 aliphatic rings. The van der Waals surface area contributed by atoms with Crippen molar-refractivity contribution in [2.45, 2.75) is 30.8 Å². The van der Waals surface area contributed by atoms with Crippen LogP contribution in [0.3, 0.4) is 0 Å². The van der Waals surface area contributed by atoms with E-state index in [9.17, 15) is 0 Å². The van der Waals surface area contributed by atoms with Crippen molar-refractivity contribution in [2.24, 2.45) is 0 Å². The first-order valence-electron chi connectivity index (χ1n) is 11.1. The van der Waals surface area contributed by atoms with Crippen molar-refractivity contribution in [3.63, 3.8) is 0 Å². The van der Waals surface area contributed by atoms with Crippen LogP contribution in [0, 0.1) is 0 Å². The number of hydrogen-bond acceptors (Lipinski definition) is 7. The topological polar surface area (TPSA) is 59.5 Å². The monoisotopic (exact) mass is 450 g/mol. The van der Waals surface area contributed by atoms with Gasteiger partial charge < -0.3 is 14.8 Å². The molecule has 0 bridgehead atoms. The maximum absolute atomic E-state index is 5.54. The first kappa shape index (κ1) is 22.6. The van der Waals surface area contributed by atoms with Gasteiger partial charge in [0.25, 0.3) is 0 Å². The minimum atomic E-state index is 0.168. The number of nitrogens with one attached hydrogen (secondary N) is 1. The third-order valence-electron chi connectivity index (χ3n) is 5.31. The van der Waals surface area contributed by atoms with Gasteiger partial charge in [0.1, 0.15) is 16.6 Å². The van der Waals surface area contributed by atoms with Gasteiger partial charge in [-0.1, -0.05) is 42.5 Å². The fraction of sp³-hybridized carbons (Fsp3) is 0.360. The van der Waals surface area contributed by atoms with Gasteiger partial charge >= 0.3 is 0 Å². The molecule has 4 rings (SSSR count). The van der Waals surface area contributed by atoms with Crippen molar-refractivity contribution in [1.29, 1.82) is 0 Å². The number of benzene rings is 2. The molecule has 1 N–H and O–H groups in total. The highest BCUT2D eigenvalue weighted by Crippen LogP contribution is 2.27. The average Bonchev–Trinajstić information content (AvgIpc) is 2.85. The van der Waals surface area contributed by atoms with Gasteiger partial charge in [0.2, 0.25) is 0 Å². The lowest BCUT2D eigenvalue weighted by molar-refractivity contribution is 0.0253. The van der Waals surface area contributed by atoms with Crippen LogP contribution in [0.25, 0.3) is 11.4 Å². The van der Waals surface area contributed by atoms with E-state index >= 15 is 0 Å². The summed E-state index contributed by atoms with van der Waals surface area (Å²) < 4.78 is 11.0. The Morgan fingerprint density at radius 2 is 1.81 bits per heavy atom. The Kier molecular flexibility index (Phi) is 7.98. The summed E-state index contributed by atoms with van der Waals surface area (Å²) >= 11 is 1.71. The second-order valence-electron chi connectivity index (χ2n) is 7.62. The van der Waals surface area contributed by atoms with Crippen molar-refractivity contribution in [3.8, 4) is 17.1 Å². The number of aromatic nitrogens is 2. The number of thioether (sulfide) groups is 1. The molecular formula is C25H30N4O2S. The highest BCUT2D eigenvalue weighted by molar-refractivity contribution is 7.98. The number of rotatable bonds is 9. The van der Waals surface area contributed by atoms with Gasteiger partial charge in [-0.2, -0.15) is 0 Å². The fourth-order valence-corrected chi connectivity index (χ4v) is 4.42. The summed E-state index contributed by atoms with van der Waals surface area (Å²) in [7, 11) is 0. The summed E-state index contributed by atoms with van der Waals surface area (Å²) in [4.78, 5) is 12.0. The third kappa shape index (κ3) is 6.22. The van der Waals surface area contributed by atoms with Crippen molar-refractivity contribution < 1.29 is 9.47 Å². The van der Waals surface area contributed by atoms with Crippen LogP contribution in [0.1, 0.15) is 19.4 Å². The molecule has 1 fully saturated rings. The van der Waals surface area contributed by atoms with Crippen LogP contribution in [0.2, 0.25) is 0 Å². The van der Waals surface area contributed by atoms with Gasteiger partial charge in [-0.05, 0) is 31.5 Å². The summed E-state index contributed by atoms with van der Waals surface area (Å²) in [6.07, 6.45) is 0.168. The van der Waals surface area contributed by atoms with E-state index in [1.54, 1.807) is 11.8 Å².